The number of nitro benzene ring substituents is 1. The molecule has 1 fully saturated rings. The van der Waals surface area contributed by atoms with Crippen LogP contribution in [0.3, 0.4) is 0 Å². The molecule has 0 amide bonds. The number of non-ortho nitro benzene ring substituents is 1. The van der Waals surface area contributed by atoms with E-state index in [4.69, 9.17) is 0 Å². The average Bonchev–Trinajstić information content (AvgIpc) is 3.43. The summed E-state index contributed by atoms with van der Waals surface area (Å²) < 4.78 is 0. The molecule has 2 aliphatic heterocycles. The van der Waals surface area contributed by atoms with Gasteiger partial charge in [-0.05, 0) is 17.2 Å². The van der Waals surface area contributed by atoms with Gasteiger partial charge in [0.05, 0.1) is 11.0 Å². The van der Waals surface area contributed by atoms with Gasteiger partial charge in [0.15, 0.2) is 17.3 Å². The smallest absolute Gasteiger partial charge is 0.270 e. The maximum absolute atomic E-state index is 14.6. The van der Waals surface area contributed by atoms with Crippen molar-refractivity contribution in [2.24, 2.45) is 5.41 Å². The molecular weight excluding hydrogens is 504 g/mol. The van der Waals surface area contributed by atoms with E-state index in [2.05, 4.69) is 0 Å². The molecule has 1 spiro atoms. The predicted molar refractivity (Wildman–Crippen MR) is 150 cm³/mol. The molecule has 1 saturated heterocycles. The number of benzene rings is 4. The van der Waals surface area contributed by atoms with Crippen LogP contribution >= 0.6 is 0 Å². The number of hydrogen-bond acceptors (Lipinski definition) is 6. The molecule has 3 aliphatic rings. The first-order valence-electron chi connectivity index (χ1n) is 13.0. The minimum atomic E-state index is -1.60. The SMILES string of the molecule is O=C(c1cccc([N+](=O)[O-])c1)[C@H]1[C@@H](c2ccccc2)C2(C(=O)c3ccccc3C2=O)[C@H]2C=Cc3ccccc3N12. The number of para-hydroxylation sites is 1. The van der Waals surface area contributed by atoms with E-state index in [9.17, 15) is 24.5 Å². The van der Waals surface area contributed by atoms with E-state index in [-0.39, 0.29) is 28.6 Å². The van der Waals surface area contributed by atoms with Gasteiger partial charge in [0.25, 0.3) is 5.69 Å². The summed E-state index contributed by atoms with van der Waals surface area (Å²) in [6.07, 6.45) is 3.77. The van der Waals surface area contributed by atoms with Crippen molar-refractivity contribution < 1.29 is 19.3 Å². The normalized spacial score (nSPS) is 21.7. The summed E-state index contributed by atoms with van der Waals surface area (Å²) in [5, 5.41) is 11.6. The van der Waals surface area contributed by atoms with E-state index in [1.807, 2.05) is 71.6 Å². The van der Waals surface area contributed by atoms with E-state index in [0.29, 0.717) is 16.7 Å². The van der Waals surface area contributed by atoms with Crippen LogP contribution in [0.5, 0.6) is 0 Å². The third-order valence-electron chi connectivity index (χ3n) is 8.48. The molecule has 7 nitrogen and oxygen atoms in total. The van der Waals surface area contributed by atoms with Gasteiger partial charge in [-0.2, -0.15) is 0 Å². The Morgan fingerprint density at radius 3 is 2.15 bits per heavy atom. The molecule has 0 radical (unpaired) electrons. The minimum absolute atomic E-state index is 0.151. The fraction of sp³-hybridized carbons (Fsp3) is 0.121. The molecule has 2 heterocycles. The van der Waals surface area contributed by atoms with E-state index in [0.717, 1.165) is 11.3 Å². The molecule has 0 N–H and O–H groups in total. The topological polar surface area (TPSA) is 97.6 Å². The highest BCUT2D eigenvalue weighted by atomic mass is 16.6. The summed E-state index contributed by atoms with van der Waals surface area (Å²) in [4.78, 5) is 56.6. The molecule has 1 aliphatic carbocycles. The molecule has 0 aromatic heterocycles. The lowest BCUT2D eigenvalue weighted by Gasteiger charge is -2.37. The van der Waals surface area contributed by atoms with Gasteiger partial charge in [-0.1, -0.05) is 97.1 Å². The van der Waals surface area contributed by atoms with Crippen LogP contribution in [0.15, 0.2) is 109 Å². The fourth-order valence-electron chi connectivity index (χ4n) is 6.89. The summed E-state index contributed by atoms with van der Waals surface area (Å²) in [7, 11) is 0. The second-order valence-electron chi connectivity index (χ2n) is 10.3. The van der Waals surface area contributed by atoms with Crippen LogP contribution in [0.1, 0.15) is 48.1 Å². The van der Waals surface area contributed by atoms with Crippen molar-refractivity contribution in [3.8, 4) is 0 Å². The van der Waals surface area contributed by atoms with Gasteiger partial charge in [0.2, 0.25) is 0 Å². The van der Waals surface area contributed by atoms with E-state index < -0.39 is 28.3 Å². The van der Waals surface area contributed by atoms with Crippen molar-refractivity contribution in [3.05, 3.63) is 147 Å². The summed E-state index contributed by atoms with van der Waals surface area (Å²) in [6.45, 7) is 0. The van der Waals surface area contributed by atoms with Crippen LogP contribution in [0, 0.1) is 15.5 Å². The molecule has 4 aromatic carbocycles. The Labute approximate surface area is 229 Å². The van der Waals surface area contributed by atoms with Gasteiger partial charge in [-0.3, -0.25) is 24.5 Å². The maximum atomic E-state index is 14.6. The zero-order chi connectivity index (χ0) is 27.6. The van der Waals surface area contributed by atoms with Crippen LogP contribution in [0.4, 0.5) is 11.4 Å². The number of ketones is 3. The standard InChI is InChI=1S/C33H22N2O5/c36-30(22-12-8-13-23(19-22)35(39)40)29-28(21-10-2-1-3-11-21)33(31(37)24-14-5-6-15-25(24)32(33)38)27-18-17-20-9-4-7-16-26(20)34(27)29/h1-19,27-29H/t27-,28-,29-/m1/s1. The first-order valence-corrected chi connectivity index (χ1v) is 13.0. The molecule has 3 atom stereocenters. The lowest BCUT2D eigenvalue weighted by atomic mass is 9.64. The number of hydrogen-bond donors (Lipinski definition) is 0. The van der Waals surface area contributed by atoms with Crippen molar-refractivity contribution in [2.45, 2.75) is 18.0 Å². The minimum Gasteiger partial charge on any atom is -0.352 e. The molecular formula is C33H22N2O5. The lowest BCUT2D eigenvalue weighted by Crippen LogP contribution is -2.48. The highest BCUT2D eigenvalue weighted by Gasteiger charge is 2.71. The number of nitro groups is 1. The lowest BCUT2D eigenvalue weighted by molar-refractivity contribution is -0.384. The van der Waals surface area contributed by atoms with Crippen LogP contribution < -0.4 is 4.90 Å². The van der Waals surface area contributed by atoms with Crippen LogP contribution in [-0.4, -0.2) is 34.4 Å². The third-order valence-corrected chi connectivity index (χ3v) is 8.48. The number of Topliss-reactive ketones (excluding diaryl/α,β-unsaturated/α-hetero) is 3. The molecule has 0 unspecified atom stereocenters. The van der Waals surface area contributed by atoms with Crippen LogP contribution in [0.2, 0.25) is 0 Å². The van der Waals surface area contributed by atoms with Gasteiger partial charge in [-0.15, -0.1) is 0 Å². The summed E-state index contributed by atoms with van der Waals surface area (Å²) in [5.74, 6) is -1.86. The van der Waals surface area contributed by atoms with E-state index in [1.165, 1.54) is 18.2 Å². The maximum Gasteiger partial charge on any atom is 0.270 e. The number of carbonyl (C=O) groups is 3. The zero-order valence-corrected chi connectivity index (χ0v) is 21.1. The number of rotatable bonds is 4. The molecule has 7 rings (SSSR count). The second kappa shape index (κ2) is 8.68. The zero-order valence-electron chi connectivity index (χ0n) is 21.1. The molecule has 4 aromatic rings. The Hall–Kier alpha value is -5.17. The third kappa shape index (κ3) is 3.09. The largest absolute Gasteiger partial charge is 0.352 e. The van der Waals surface area contributed by atoms with Crippen molar-refractivity contribution in [1.82, 2.24) is 0 Å². The fourth-order valence-corrected chi connectivity index (χ4v) is 6.89. The number of fused-ring (bicyclic) bond motifs is 5. The molecule has 7 heteroatoms. The molecule has 40 heavy (non-hydrogen) atoms. The molecule has 0 saturated carbocycles. The van der Waals surface area contributed by atoms with Crippen molar-refractivity contribution >= 4 is 34.8 Å². The Kier molecular flexibility index (Phi) is 5.19. The summed E-state index contributed by atoms with van der Waals surface area (Å²) in [5.41, 5.74) is 1.32. The van der Waals surface area contributed by atoms with Crippen molar-refractivity contribution in [3.63, 3.8) is 0 Å². The monoisotopic (exact) mass is 526 g/mol. The number of carbonyl (C=O) groups excluding carboxylic acids is 3. The van der Waals surface area contributed by atoms with Crippen LogP contribution in [-0.2, 0) is 0 Å². The first kappa shape index (κ1) is 23.9. The molecule has 194 valence electrons. The number of nitrogens with zero attached hydrogens (tertiary/aromatic N) is 2. The van der Waals surface area contributed by atoms with Crippen LogP contribution in [0.25, 0.3) is 6.08 Å². The van der Waals surface area contributed by atoms with Gasteiger partial charge in [-0.25, -0.2) is 0 Å². The van der Waals surface area contributed by atoms with E-state index >= 15 is 0 Å². The van der Waals surface area contributed by atoms with E-state index in [1.54, 1.807) is 30.3 Å². The van der Waals surface area contributed by atoms with Gasteiger partial charge in [0, 0.05) is 40.4 Å². The number of anilines is 1. The van der Waals surface area contributed by atoms with Gasteiger partial charge in [0.1, 0.15) is 11.5 Å². The Balaban J connectivity index is 1.53. The second-order valence-corrected chi connectivity index (χ2v) is 10.3. The average molecular weight is 527 g/mol. The Morgan fingerprint density at radius 1 is 0.800 bits per heavy atom. The summed E-state index contributed by atoms with van der Waals surface area (Å²) in [6, 6.07) is 27.5. The molecule has 0 bridgehead atoms. The predicted octanol–water partition coefficient (Wildman–Crippen LogP) is 5.91. The quantitative estimate of drug-likeness (QED) is 0.142. The van der Waals surface area contributed by atoms with Gasteiger partial charge < -0.3 is 4.90 Å². The highest BCUT2D eigenvalue weighted by Crippen LogP contribution is 2.60. The van der Waals surface area contributed by atoms with Crippen molar-refractivity contribution in [1.29, 1.82) is 0 Å². The summed E-state index contributed by atoms with van der Waals surface area (Å²) >= 11 is 0. The first-order chi connectivity index (χ1) is 19.4. The van der Waals surface area contributed by atoms with Gasteiger partial charge >= 0.3 is 0 Å². The Morgan fingerprint density at radius 2 is 1.45 bits per heavy atom. The Bertz CT molecular complexity index is 1740. The van der Waals surface area contributed by atoms with Crippen molar-refractivity contribution in [2.75, 3.05) is 4.90 Å². The highest BCUT2D eigenvalue weighted by molar-refractivity contribution is 6.32.